The van der Waals surface area contributed by atoms with E-state index < -0.39 is 11.6 Å². The van der Waals surface area contributed by atoms with Crippen LogP contribution in [-0.4, -0.2) is 42.0 Å². The lowest BCUT2D eigenvalue weighted by molar-refractivity contribution is -0.143. The Morgan fingerprint density at radius 2 is 1.70 bits per heavy atom. The number of carbonyl (C=O) groups is 2. The zero-order chi connectivity index (χ0) is 24.6. The lowest BCUT2D eigenvalue weighted by Crippen LogP contribution is -2.54. The second-order valence-corrected chi connectivity index (χ2v) is 9.79. The first-order valence-electron chi connectivity index (χ1n) is 11.2. The average molecular weight is 519 g/mol. The Morgan fingerprint density at radius 1 is 1.06 bits per heavy atom. The summed E-state index contributed by atoms with van der Waals surface area (Å²) >= 11 is 3.52. The van der Waals surface area contributed by atoms with E-state index in [9.17, 15) is 9.59 Å². The first kappa shape index (κ1) is 26.7. The molecule has 180 valence electrons. The molecule has 0 saturated carbocycles. The molecule has 2 amide bonds. The van der Waals surface area contributed by atoms with Crippen LogP contribution in [0.3, 0.4) is 0 Å². The number of methoxy groups -OCH3 is 1. The number of amides is 2. The van der Waals surface area contributed by atoms with Crippen molar-refractivity contribution in [3.05, 3.63) is 58.1 Å². The molecule has 0 aliphatic rings. The van der Waals surface area contributed by atoms with Crippen molar-refractivity contribution in [2.75, 3.05) is 13.7 Å². The molecule has 0 unspecified atom stereocenters. The van der Waals surface area contributed by atoms with Gasteiger partial charge in [0.15, 0.2) is 6.61 Å². The largest absolute Gasteiger partial charge is 0.497 e. The van der Waals surface area contributed by atoms with E-state index in [1.807, 2.05) is 70.2 Å². The summed E-state index contributed by atoms with van der Waals surface area (Å²) in [5.41, 5.74) is 1.67. The third-order valence-electron chi connectivity index (χ3n) is 5.15. The topological polar surface area (TPSA) is 67.9 Å². The molecule has 2 rings (SSSR count). The van der Waals surface area contributed by atoms with E-state index in [1.165, 1.54) is 5.56 Å². The van der Waals surface area contributed by atoms with Gasteiger partial charge in [0.1, 0.15) is 17.5 Å². The normalized spacial score (nSPS) is 12.1. The molecule has 0 fully saturated rings. The molecule has 2 aromatic rings. The first-order chi connectivity index (χ1) is 15.6. The second-order valence-electron chi connectivity index (χ2n) is 8.94. The minimum atomic E-state index is -0.617. The molecule has 1 atom stereocenters. The number of aryl methyl sites for hydroxylation is 1. The summed E-state index contributed by atoms with van der Waals surface area (Å²) < 4.78 is 11.9. The number of hydrogen-bond acceptors (Lipinski definition) is 4. The number of ether oxygens (including phenoxy) is 2. The van der Waals surface area contributed by atoms with Crippen molar-refractivity contribution in [3.63, 3.8) is 0 Å². The Morgan fingerprint density at radius 3 is 2.21 bits per heavy atom. The smallest absolute Gasteiger partial charge is 0.261 e. The Kier molecular flexibility index (Phi) is 9.77. The van der Waals surface area contributed by atoms with Crippen molar-refractivity contribution in [2.45, 2.75) is 65.6 Å². The van der Waals surface area contributed by atoms with Gasteiger partial charge in [-0.2, -0.15) is 0 Å². The summed E-state index contributed by atoms with van der Waals surface area (Å²) in [5.74, 6) is 0.892. The van der Waals surface area contributed by atoms with Gasteiger partial charge in [0.25, 0.3) is 5.91 Å². The lowest BCUT2D eigenvalue weighted by Gasteiger charge is -2.33. The van der Waals surface area contributed by atoms with Crippen molar-refractivity contribution in [3.8, 4) is 11.5 Å². The highest BCUT2D eigenvalue weighted by Gasteiger charge is 2.31. The van der Waals surface area contributed by atoms with E-state index in [0.29, 0.717) is 12.2 Å². The monoisotopic (exact) mass is 518 g/mol. The van der Waals surface area contributed by atoms with E-state index in [4.69, 9.17) is 9.47 Å². The summed E-state index contributed by atoms with van der Waals surface area (Å²) in [6.45, 7) is 9.88. The highest BCUT2D eigenvalue weighted by atomic mass is 79.9. The second kappa shape index (κ2) is 12.1. The SMILES string of the molecule is CCc1ccc(OCC(=O)N(Cc2ccc(OC)cc2)[C@H](CC)C(=O)NC(C)(C)C)c(Br)c1. The Balaban J connectivity index is 2.25. The van der Waals surface area contributed by atoms with E-state index in [-0.39, 0.29) is 25.0 Å². The van der Waals surface area contributed by atoms with E-state index in [0.717, 1.165) is 22.2 Å². The number of hydrogen-bond donors (Lipinski definition) is 1. The molecule has 7 heteroatoms. The van der Waals surface area contributed by atoms with Gasteiger partial charge >= 0.3 is 0 Å². The number of carbonyl (C=O) groups excluding carboxylic acids is 2. The van der Waals surface area contributed by atoms with Gasteiger partial charge in [0.2, 0.25) is 5.91 Å². The van der Waals surface area contributed by atoms with Crippen LogP contribution >= 0.6 is 15.9 Å². The average Bonchev–Trinajstić information content (AvgIpc) is 2.77. The van der Waals surface area contributed by atoms with Crippen LogP contribution in [0.5, 0.6) is 11.5 Å². The van der Waals surface area contributed by atoms with Gasteiger partial charge in [-0.1, -0.05) is 32.0 Å². The zero-order valence-electron chi connectivity index (χ0n) is 20.4. The van der Waals surface area contributed by atoms with Crippen molar-refractivity contribution < 1.29 is 19.1 Å². The maximum absolute atomic E-state index is 13.3. The summed E-state index contributed by atoms with van der Waals surface area (Å²) in [7, 11) is 1.61. The van der Waals surface area contributed by atoms with Gasteiger partial charge < -0.3 is 19.7 Å². The molecule has 0 aromatic heterocycles. The van der Waals surface area contributed by atoms with Crippen molar-refractivity contribution in [2.24, 2.45) is 0 Å². The van der Waals surface area contributed by atoms with E-state index >= 15 is 0 Å². The standard InChI is InChI=1S/C26H35BrN2O4/c1-7-18-11-14-23(21(27)15-18)33-17-24(30)29(16-19-9-12-20(32-6)13-10-19)22(8-2)25(31)28-26(3,4)5/h9-15,22H,7-8,16-17H2,1-6H3,(H,28,31)/t22-/m1/s1. The van der Waals surface area contributed by atoms with Crippen LogP contribution in [0.25, 0.3) is 0 Å². The maximum atomic E-state index is 13.3. The van der Waals surface area contributed by atoms with Gasteiger partial charge in [0.05, 0.1) is 11.6 Å². The number of benzene rings is 2. The van der Waals surface area contributed by atoms with Gasteiger partial charge in [0, 0.05) is 12.1 Å². The van der Waals surface area contributed by atoms with E-state index in [1.54, 1.807) is 12.0 Å². The van der Waals surface area contributed by atoms with Crippen LogP contribution in [0.2, 0.25) is 0 Å². The molecular weight excluding hydrogens is 484 g/mol. The van der Waals surface area contributed by atoms with Gasteiger partial charge in [-0.15, -0.1) is 0 Å². The molecule has 1 N–H and O–H groups in total. The summed E-state index contributed by atoms with van der Waals surface area (Å²) in [6, 6.07) is 12.7. The molecule has 0 spiro atoms. The molecular formula is C26H35BrN2O4. The van der Waals surface area contributed by atoms with Crippen LogP contribution < -0.4 is 14.8 Å². The lowest BCUT2D eigenvalue weighted by atomic mass is 10.1. The Labute approximate surface area is 205 Å². The van der Waals surface area contributed by atoms with Crippen LogP contribution in [0.1, 0.15) is 52.2 Å². The zero-order valence-corrected chi connectivity index (χ0v) is 22.0. The van der Waals surface area contributed by atoms with Gasteiger partial charge in [-0.05, 0) is 84.9 Å². The summed E-state index contributed by atoms with van der Waals surface area (Å²) in [4.78, 5) is 28.0. The fraction of sp³-hybridized carbons (Fsp3) is 0.462. The molecule has 6 nitrogen and oxygen atoms in total. The van der Waals surface area contributed by atoms with E-state index in [2.05, 4.69) is 28.2 Å². The minimum Gasteiger partial charge on any atom is -0.497 e. The first-order valence-corrected chi connectivity index (χ1v) is 12.0. The van der Waals surface area contributed by atoms with Crippen molar-refractivity contribution in [1.82, 2.24) is 10.2 Å². The van der Waals surface area contributed by atoms with Crippen LogP contribution in [0.4, 0.5) is 0 Å². The molecule has 0 saturated heterocycles. The van der Waals surface area contributed by atoms with Crippen LogP contribution in [0, 0.1) is 0 Å². The Hall–Kier alpha value is -2.54. The maximum Gasteiger partial charge on any atom is 0.261 e. The molecule has 0 radical (unpaired) electrons. The minimum absolute atomic E-state index is 0.167. The third-order valence-corrected chi connectivity index (χ3v) is 5.77. The predicted octanol–water partition coefficient (Wildman–Crippen LogP) is 5.12. The van der Waals surface area contributed by atoms with Crippen molar-refractivity contribution >= 4 is 27.7 Å². The van der Waals surface area contributed by atoms with Gasteiger partial charge in [-0.25, -0.2) is 0 Å². The fourth-order valence-electron chi connectivity index (χ4n) is 3.40. The molecule has 0 aliphatic heterocycles. The van der Waals surface area contributed by atoms with Gasteiger partial charge in [-0.3, -0.25) is 9.59 Å². The highest BCUT2D eigenvalue weighted by molar-refractivity contribution is 9.10. The third kappa shape index (κ3) is 8.07. The number of rotatable bonds is 10. The van der Waals surface area contributed by atoms with Crippen molar-refractivity contribution in [1.29, 1.82) is 0 Å². The molecule has 0 bridgehead atoms. The summed E-state index contributed by atoms with van der Waals surface area (Å²) in [5, 5.41) is 3.00. The molecule has 0 aliphatic carbocycles. The Bertz CT molecular complexity index is 938. The van der Waals surface area contributed by atoms with Crippen LogP contribution in [0.15, 0.2) is 46.9 Å². The number of nitrogens with one attached hydrogen (secondary N) is 1. The molecule has 33 heavy (non-hydrogen) atoms. The highest BCUT2D eigenvalue weighted by Crippen LogP contribution is 2.26. The van der Waals surface area contributed by atoms with Crippen LogP contribution in [-0.2, 0) is 22.6 Å². The fourth-order valence-corrected chi connectivity index (χ4v) is 3.94. The number of nitrogens with zero attached hydrogens (tertiary/aromatic N) is 1. The summed E-state index contributed by atoms with van der Waals surface area (Å²) in [6.07, 6.45) is 1.40. The quantitative estimate of drug-likeness (QED) is 0.473. The number of halogens is 1. The molecule has 0 heterocycles. The molecule has 2 aromatic carbocycles. The predicted molar refractivity (Wildman–Crippen MR) is 135 cm³/mol.